The number of aldehydes is 1. The smallest absolute Gasteiger partial charge is 0.306 e. The summed E-state index contributed by atoms with van der Waals surface area (Å²) >= 11 is 5.10. The predicted molar refractivity (Wildman–Crippen MR) is 78.6 cm³/mol. The zero-order valence-corrected chi connectivity index (χ0v) is 13.1. The van der Waals surface area contributed by atoms with Gasteiger partial charge in [0.25, 0.3) is 0 Å². The normalized spacial score (nSPS) is 15.9. The van der Waals surface area contributed by atoms with E-state index in [9.17, 15) is 9.59 Å². The second-order valence-electron chi connectivity index (χ2n) is 4.84. The topological polar surface area (TPSA) is 43.4 Å². The number of hydrogen-bond acceptors (Lipinski definition) is 4. The summed E-state index contributed by atoms with van der Waals surface area (Å²) < 4.78 is 5.54. The Morgan fingerprint density at radius 2 is 2.26 bits per heavy atom. The molecule has 19 heavy (non-hydrogen) atoms. The highest BCUT2D eigenvalue weighted by Gasteiger charge is 2.44. The Hall–Kier alpha value is -0.810. The number of carbonyl (C=O) groups excluding carboxylic acids is 2. The highest BCUT2D eigenvalue weighted by Crippen LogP contribution is 2.52. The summed E-state index contributed by atoms with van der Waals surface area (Å²) in [5, 5.41) is 0. The van der Waals surface area contributed by atoms with Gasteiger partial charge in [-0.3, -0.25) is 9.59 Å². The lowest BCUT2D eigenvalue weighted by Gasteiger charge is -2.13. The number of thioether (sulfide) groups is 1. The molecular weight excluding hydrogens is 328 g/mol. The van der Waals surface area contributed by atoms with E-state index in [1.54, 1.807) is 17.8 Å². The summed E-state index contributed by atoms with van der Waals surface area (Å²) in [7, 11) is 1.43. The number of halogens is 1. The Kier molecular flexibility index (Phi) is 4.68. The van der Waals surface area contributed by atoms with E-state index >= 15 is 0 Å². The van der Waals surface area contributed by atoms with Gasteiger partial charge in [-0.25, -0.2) is 0 Å². The minimum absolute atomic E-state index is 0.119. The van der Waals surface area contributed by atoms with Crippen molar-refractivity contribution in [1.29, 1.82) is 0 Å². The molecule has 1 aliphatic carbocycles. The first-order chi connectivity index (χ1) is 9.08. The van der Waals surface area contributed by atoms with Crippen molar-refractivity contribution in [3.8, 4) is 0 Å². The standard InChI is InChI=1S/C14H15BrO3S/c1-18-13(17)7-14(4-5-14)9-19-11-3-2-10(8-16)12(15)6-11/h2-3,6,8H,4-5,7,9H2,1H3. The monoisotopic (exact) mass is 342 g/mol. The second kappa shape index (κ2) is 6.09. The van der Waals surface area contributed by atoms with Crippen LogP contribution in [0, 0.1) is 5.41 Å². The molecule has 0 N–H and O–H groups in total. The summed E-state index contributed by atoms with van der Waals surface area (Å²) in [6.07, 6.45) is 3.51. The van der Waals surface area contributed by atoms with E-state index in [-0.39, 0.29) is 11.4 Å². The molecule has 1 aromatic rings. The van der Waals surface area contributed by atoms with Crippen molar-refractivity contribution in [3.63, 3.8) is 0 Å². The highest BCUT2D eigenvalue weighted by atomic mass is 79.9. The van der Waals surface area contributed by atoms with Crippen LogP contribution in [0.3, 0.4) is 0 Å². The average molecular weight is 343 g/mol. The van der Waals surface area contributed by atoms with Crippen LogP contribution in [-0.4, -0.2) is 25.1 Å². The van der Waals surface area contributed by atoms with Crippen molar-refractivity contribution in [2.45, 2.75) is 24.2 Å². The molecule has 0 saturated heterocycles. The lowest BCUT2D eigenvalue weighted by molar-refractivity contribution is -0.141. The van der Waals surface area contributed by atoms with E-state index in [0.29, 0.717) is 12.0 Å². The molecule has 1 aliphatic rings. The quantitative estimate of drug-likeness (QED) is 0.449. The van der Waals surface area contributed by atoms with E-state index in [1.165, 1.54) is 7.11 Å². The number of ether oxygens (including phenoxy) is 1. The van der Waals surface area contributed by atoms with Crippen molar-refractivity contribution in [2.24, 2.45) is 5.41 Å². The molecule has 2 rings (SSSR count). The molecule has 0 amide bonds. The molecule has 1 fully saturated rings. The van der Waals surface area contributed by atoms with Gasteiger partial charge in [-0.05, 0) is 36.5 Å². The summed E-state index contributed by atoms with van der Waals surface area (Å²) in [6.45, 7) is 0. The van der Waals surface area contributed by atoms with Crippen LogP contribution in [0.25, 0.3) is 0 Å². The molecule has 0 aliphatic heterocycles. The van der Waals surface area contributed by atoms with E-state index in [1.807, 2.05) is 12.1 Å². The molecule has 0 spiro atoms. The zero-order valence-electron chi connectivity index (χ0n) is 10.6. The van der Waals surface area contributed by atoms with E-state index < -0.39 is 0 Å². The average Bonchev–Trinajstić information content (AvgIpc) is 3.16. The van der Waals surface area contributed by atoms with Crippen LogP contribution in [-0.2, 0) is 9.53 Å². The van der Waals surface area contributed by atoms with Crippen LogP contribution < -0.4 is 0 Å². The lowest BCUT2D eigenvalue weighted by atomic mass is 10.1. The molecule has 1 saturated carbocycles. The molecule has 0 aromatic heterocycles. The van der Waals surface area contributed by atoms with Crippen LogP contribution in [0.2, 0.25) is 0 Å². The molecule has 1 aromatic carbocycles. The molecule has 0 atom stereocenters. The van der Waals surface area contributed by atoms with Crippen LogP contribution >= 0.6 is 27.7 Å². The number of benzene rings is 1. The maximum atomic E-state index is 11.3. The van der Waals surface area contributed by atoms with Crippen molar-refractivity contribution in [1.82, 2.24) is 0 Å². The van der Waals surface area contributed by atoms with Gasteiger partial charge in [0, 0.05) is 20.7 Å². The van der Waals surface area contributed by atoms with E-state index in [0.717, 1.165) is 34.2 Å². The maximum Gasteiger partial charge on any atom is 0.306 e. The van der Waals surface area contributed by atoms with Gasteiger partial charge in [0.15, 0.2) is 6.29 Å². The van der Waals surface area contributed by atoms with Crippen molar-refractivity contribution < 1.29 is 14.3 Å². The minimum atomic E-state index is -0.129. The first kappa shape index (κ1) is 14.6. The Labute approximate surface area is 125 Å². The Morgan fingerprint density at radius 3 is 2.79 bits per heavy atom. The first-order valence-electron chi connectivity index (χ1n) is 6.03. The van der Waals surface area contributed by atoms with Gasteiger partial charge in [-0.2, -0.15) is 0 Å². The van der Waals surface area contributed by atoms with E-state index in [4.69, 9.17) is 4.74 Å². The number of hydrogen-bond donors (Lipinski definition) is 0. The van der Waals surface area contributed by atoms with Crippen LogP contribution in [0.1, 0.15) is 29.6 Å². The minimum Gasteiger partial charge on any atom is -0.469 e. The third-order valence-corrected chi connectivity index (χ3v) is 5.38. The van der Waals surface area contributed by atoms with Gasteiger partial charge in [-0.15, -0.1) is 11.8 Å². The first-order valence-corrected chi connectivity index (χ1v) is 7.81. The van der Waals surface area contributed by atoms with Gasteiger partial charge >= 0.3 is 5.97 Å². The molecule has 102 valence electrons. The van der Waals surface area contributed by atoms with Crippen LogP contribution in [0.15, 0.2) is 27.6 Å². The highest BCUT2D eigenvalue weighted by molar-refractivity contribution is 9.10. The van der Waals surface area contributed by atoms with Gasteiger partial charge in [-0.1, -0.05) is 15.9 Å². The van der Waals surface area contributed by atoms with Gasteiger partial charge in [0.1, 0.15) is 0 Å². The van der Waals surface area contributed by atoms with Crippen molar-refractivity contribution in [2.75, 3.05) is 12.9 Å². The molecule has 0 radical (unpaired) electrons. The third kappa shape index (κ3) is 3.83. The molecule has 3 nitrogen and oxygen atoms in total. The fourth-order valence-corrected chi connectivity index (χ4v) is 3.71. The fraction of sp³-hybridized carbons (Fsp3) is 0.429. The number of rotatable bonds is 6. The van der Waals surface area contributed by atoms with Crippen LogP contribution in [0.5, 0.6) is 0 Å². The fourth-order valence-electron chi connectivity index (χ4n) is 1.86. The van der Waals surface area contributed by atoms with Crippen molar-refractivity contribution in [3.05, 3.63) is 28.2 Å². The molecule has 0 bridgehead atoms. The van der Waals surface area contributed by atoms with E-state index in [2.05, 4.69) is 15.9 Å². The van der Waals surface area contributed by atoms with Gasteiger partial charge in [0.2, 0.25) is 0 Å². The number of esters is 1. The Morgan fingerprint density at radius 1 is 1.53 bits per heavy atom. The Balaban J connectivity index is 1.94. The number of methoxy groups -OCH3 is 1. The number of carbonyl (C=O) groups is 2. The SMILES string of the molecule is COC(=O)CC1(CSc2ccc(C=O)c(Br)c2)CC1. The van der Waals surface area contributed by atoms with Gasteiger partial charge in [0.05, 0.1) is 13.5 Å². The summed E-state index contributed by atoms with van der Waals surface area (Å²) in [5.41, 5.74) is 0.771. The summed E-state index contributed by atoms with van der Waals surface area (Å²) in [5.74, 6) is 0.783. The van der Waals surface area contributed by atoms with Crippen LogP contribution in [0.4, 0.5) is 0 Å². The summed E-state index contributed by atoms with van der Waals surface area (Å²) in [4.78, 5) is 23.2. The second-order valence-corrected chi connectivity index (χ2v) is 6.75. The lowest BCUT2D eigenvalue weighted by Crippen LogP contribution is -2.12. The zero-order chi connectivity index (χ0) is 13.9. The molecule has 0 unspecified atom stereocenters. The third-order valence-electron chi connectivity index (χ3n) is 3.35. The van der Waals surface area contributed by atoms with Gasteiger partial charge < -0.3 is 4.74 Å². The van der Waals surface area contributed by atoms with Crippen molar-refractivity contribution >= 4 is 39.9 Å². The maximum absolute atomic E-state index is 11.3. The largest absolute Gasteiger partial charge is 0.469 e. The summed E-state index contributed by atoms with van der Waals surface area (Å²) in [6, 6.07) is 5.69. The molecule has 5 heteroatoms. The molecule has 0 heterocycles. The predicted octanol–water partition coefficient (Wildman–Crippen LogP) is 3.70. The Bertz CT molecular complexity index is 497. The molecular formula is C14H15BrO3S.